The Balaban J connectivity index is 1.42. The van der Waals surface area contributed by atoms with Crippen LogP contribution < -0.4 is 16.0 Å². The molecule has 2 aromatic carbocycles. The number of nitrogens with one attached hydrogen (secondary N) is 3. The predicted molar refractivity (Wildman–Crippen MR) is 133 cm³/mol. The first-order chi connectivity index (χ1) is 17.0. The Bertz CT molecular complexity index is 1340. The molecule has 4 aromatic rings. The summed E-state index contributed by atoms with van der Waals surface area (Å²) in [6.07, 6.45) is -0.0848. The molecule has 0 aliphatic carbocycles. The van der Waals surface area contributed by atoms with Crippen molar-refractivity contribution < 1.29 is 14.0 Å². The largest absolute Gasteiger partial charge is 0.322 e. The molecule has 35 heavy (non-hydrogen) atoms. The van der Waals surface area contributed by atoms with Gasteiger partial charge in [0.1, 0.15) is 17.3 Å². The maximum atomic E-state index is 14.2. The number of carbonyl (C=O) groups is 2. The van der Waals surface area contributed by atoms with Crippen molar-refractivity contribution in [1.29, 1.82) is 0 Å². The molecule has 0 saturated carbocycles. The van der Waals surface area contributed by atoms with Crippen molar-refractivity contribution in [2.75, 3.05) is 5.32 Å². The topological polar surface area (TPSA) is 88.1 Å². The van der Waals surface area contributed by atoms with E-state index in [9.17, 15) is 14.0 Å². The van der Waals surface area contributed by atoms with E-state index in [1.807, 2.05) is 54.8 Å². The Labute approximate surface area is 206 Å². The highest BCUT2D eigenvalue weighted by atomic mass is 32.1. The van der Waals surface area contributed by atoms with Crippen LogP contribution in [0.25, 0.3) is 10.6 Å². The molecule has 5 rings (SSSR count). The Morgan fingerprint density at radius 1 is 1.11 bits per heavy atom. The Morgan fingerprint density at radius 3 is 2.60 bits per heavy atom. The minimum Gasteiger partial charge on any atom is -0.322 e. The van der Waals surface area contributed by atoms with Crippen LogP contribution in [0.2, 0.25) is 0 Å². The zero-order chi connectivity index (χ0) is 24.4. The van der Waals surface area contributed by atoms with Gasteiger partial charge in [0, 0.05) is 12.1 Å². The highest BCUT2D eigenvalue weighted by Crippen LogP contribution is 2.29. The summed E-state index contributed by atoms with van der Waals surface area (Å²) in [5.41, 5.74) is 1.64. The average Bonchev–Trinajstić information content (AvgIpc) is 3.52. The lowest BCUT2D eigenvalue weighted by Gasteiger charge is -2.36. The van der Waals surface area contributed by atoms with Crippen LogP contribution in [0.15, 0.2) is 78.2 Å². The Morgan fingerprint density at radius 2 is 1.89 bits per heavy atom. The summed E-state index contributed by atoms with van der Waals surface area (Å²) >= 11 is 1.51. The molecule has 3 unspecified atom stereocenters. The fourth-order valence-corrected chi connectivity index (χ4v) is 4.88. The van der Waals surface area contributed by atoms with Crippen molar-refractivity contribution in [3.8, 4) is 10.6 Å². The zero-order valence-electron chi connectivity index (χ0n) is 18.9. The predicted octanol–water partition coefficient (Wildman–Crippen LogP) is 4.43. The van der Waals surface area contributed by atoms with E-state index in [0.29, 0.717) is 17.9 Å². The van der Waals surface area contributed by atoms with E-state index in [1.165, 1.54) is 34.2 Å². The summed E-state index contributed by atoms with van der Waals surface area (Å²) in [5, 5.41) is 15.7. The van der Waals surface area contributed by atoms with E-state index in [4.69, 9.17) is 0 Å². The number of amides is 2. The van der Waals surface area contributed by atoms with E-state index in [-0.39, 0.29) is 23.4 Å². The molecule has 1 aliphatic rings. The van der Waals surface area contributed by atoms with Crippen LogP contribution >= 0.6 is 11.3 Å². The van der Waals surface area contributed by atoms with Crippen molar-refractivity contribution in [2.24, 2.45) is 5.92 Å². The third-order valence-corrected chi connectivity index (χ3v) is 6.94. The molecule has 0 bridgehead atoms. The Hall–Kier alpha value is -3.82. The molecule has 9 heteroatoms. The summed E-state index contributed by atoms with van der Waals surface area (Å²) in [6, 6.07) is 21.0. The lowest BCUT2D eigenvalue weighted by atomic mass is 9.91. The second-order valence-electron chi connectivity index (χ2n) is 8.43. The van der Waals surface area contributed by atoms with Crippen molar-refractivity contribution in [2.45, 2.75) is 25.7 Å². The zero-order valence-corrected chi connectivity index (χ0v) is 19.8. The number of carbonyl (C=O) groups excluding carboxylic acids is 2. The number of aromatic nitrogens is 2. The van der Waals surface area contributed by atoms with Gasteiger partial charge in [0.25, 0.3) is 5.91 Å². The van der Waals surface area contributed by atoms with Crippen LogP contribution in [0, 0.1) is 11.7 Å². The minimum absolute atomic E-state index is 0.0742. The number of nitrogens with zero attached hydrogens (tertiary/aromatic N) is 2. The van der Waals surface area contributed by atoms with Gasteiger partial charge in [0.2, 0.25) is 5.91 Å². The van der Waals surface area contributed by atoms with E-state index in [1.54, 1.807) is 12.1 Å². The van der Waals surface area contributed by atoms with Gasteiger partial charge < -0.3 is 10.6 Å². The molecule has 3 heterocycles. The van der Waals surface area contributed by atoms with Crippen LogP contribution in [0.1, 0.15) is 29.1 Å². The summed E-state index contributed by atoms with van der Waals surface area (Å²) < 4.78 is 15.7. The van der Waals surface area contributed by atoms with Crippen molar-refractivity contribution in [3.05, 3.63) is 95.1 Å². The van der Waals surface area contributed by atoms with Gasteiger partial charge in [-0.2, -0.15) is 5.10 Å². The third kappa shape index (κ3) is 4.87. The first-order valence-electron chi connectivity index (χ1n) is 11.3. The van der Waals surface area contributed by atoms with E-state index in [2.05, 4.69) is 21.0 Å². The van der Waals surface area contributed by atoms with Crippen LogP contribution in [-0.2, 0) is 11.2 Å². The molecule has 2 aromatic heterocycles. The molecule has 1 saturated heterocycles. The molecule has 3 N–H and O–H groups in total. The number of thiophene rings is 1. The SMILES string of the molecule is CC1NC(n2nc(-c3cccs3)cc2NC(=O)c2ccccc2F)NC(=O)C1Cc1ccccc1. The van der Waals surface area contributed by atoms with Gasteiger partial charge in [-0.1, -0.05) is 48.5 Å². The van der Waals surface area contributed by atoms with E-state index >= 15 is 0 Å². The number of rotatable bonds is 6. The highest BCUT2D eigenvalue weighted by molar-refractivity contribution is 7.13. The maximum absolute atomic E-state index is 14.2. The van der Waals surface area contributed by atoms with Gasteiger partial charge in [-0.3, -0.25) is 14.9 Å². The van der Waals surface area contributed by atoms with Gasteiger partial charge >= 0.3 is 0 Å². The number of benzene rings is 2. The van der Waals surface area contributed by atoms with E-state index < -0.39 is 18.0 Å². The van der Waals surface area contributed by atoms with Gasteiger partial charge in [-0.05, 0) is 42.5 Å². The van der Waals surface area contributed by atoms with Gasteiger partial charge in [0.05, 0.1) is 16.4 Å². The summed E-state index contributed by atoms with van der Waals surface area (Å²) in [7, 11) is 0. The molecule has 3 atom stereocenters. The molecule has 0 spiro atoms. The smallest absolute Gasteiger partial charge is 0.259 e. The van der Waals surface area contributed by atoms with Gasteiger partial charge in [0.15, 0.2) is 6.29 Å². The summed E-state index contributed by atoms with van der Waals surface area (Å²) in [6.45, 7) is 1.96. The molecule has 2 amide bonds. The number of halogens is 1. The highest BCUT2D eigenvalue weighted by Gasteiger charge is 2.35. The van der Waals surface area contributed by atoms with Crippen LogP contribution in [0.5, 0.6) is 0 Å². The fourth-order valence-electron chi connectivity index (χ4n) is 4.20. The van der Waals surface area contributed by atoms with Crippen LogP contribution in [0.4, 0.5) is 10.2 Å². The van der Waals surface area contributed by atoms with Crippen molar-refractivity contribution in [3.63, 3.8) is 0 Å². The van der Waals surface area contributed by atoms with Crippen molar-refractivity contribution >= 4 is 29.0 Å². The molecular formula is C26H24FN5O2S. The van der Waals surface area contributed by atoms with E-state index in [0.717, 1.165) is 10.4 Å². The standard InChI is InChI=1S/C26H24FN5O2S/c1-16-19(14-17-8-3-2-4-9-17)25(34)30-26(28-16)32-23(15-21(31-32)22-12-7-13-35-22)29-24(33)18-10-5-6-11-20(18)27/h2-13,15-16,19,26,28H,14H2,1H3,(H,29,33)(H,30,34). The maximum Gasteiger partial charge on any atom is 0.259 e. The van der Waals surface area contributed by atoms with Crippen molar-refractivity contribution in [1.82, 2.24) is 20.4 Å². The number of anilines is 1. The second-order valence-corrected chi connectivity index (χ2v) is 9.38. The monoisotopic (exact) mass is 489 g/mol. The second kappa shape index (κ2) is 9.81. The lowest BCUT2D eigenvalue weighted by Crippen LogP contribution is -2.58. The molecule has 1 aliphatic heterocycles. The number of hydrogen-bond donors (Lipinski definition) is 3. The normalized spacial score (nSPS) is 19.8. The van der Waals surface area contributed by atoms with Gasteiger partial charge in [-0.15, -0.1) is 11.3 Å². The molecule has 7 nitrogen and oxygen atoms in total. The fraction of sp³-hybridized carbons (Fsp3) is 0.192. The van der Waals surface area contributed by atoms with Crippen LogP contribution in [0.3, 0.4) is 0 Å². The third-order valence-electron chi connectivity index (χ3n) is 6.05. The first-order valence-corrected chi connectivity index (χ1v) is 12.2. The summed E-state index contributed by atoms with van der Waals surface area (Å²) in [5.74, 6) is -1.25. The average molecular weight is 490 g/mol. The Kier molecular flexibility index (Phi) is 6.43. The quantitative estimate of drug-likeness (QED) is 0.374. The molecule has 178 valence electrons. The first kappa shape index (κ1) is 22.9. The molecule has 0 radical (unpaired) electrons. The molecular weight excluding hydrogens is 465 g/mol. The number of hydrogen-bond acceptors (Lipinski definition) is 5. The summed E-state index contributed by atoms with van der Waals surface area (Å²) in [4.78, 5) is 26.9. The lowest BCUT2D eigenvalue weighted by molar-refractivity contribution is -0.130. The van der Waals surface area contributed by atoms with Crippen LogP contribution in [-0.4, -0.2) is 27.6 Å². The minimum atomic E-state index is -0.686. The molecule has 1 fully saturated rings. The van der Waals surface area contributed by atoms with Gasteiger partial charge in [-0.25, -0.2) is 9.07 Å².